The van der Waals surface area contributed by atoms with E-state index in [0.29, 0.717) is 11.6 Å². The molecule has 1 aromatic rings. The lowest BCUT2D eigenvalue weighted by atomic mass is 9.97. The molecular formula is C11H13ClFN. The zero-order valence-corrected chi connectivity index (χ0v) is 8.65. The normalized spacial score (nSPS) is 18.2. The molecule has 0 saturated heterocycles. The third kappa shape index (κ3) is 2.07. The van der Waals surface area contributed by atoms with Crippen LogP contribution in [0.25, 0.3) is 0 Å². The van der Waals surface area contributed by atoms with Crippen molar-refractivity contribution in [1.29, 1.82) is 0 Å². The Morgan fingerprint density at radius 2 is 2.07 bits per heavy atom. The number of nitrogens with two attached hydrogens (primary N) is 1. The average Bonchev–Trinajstić information content (AvgIpc) is 2.83. The summed E-state index contributed by atoms with van der Waals surface area (Å²) in [6.07, 6.45) is 3.15. The molecule has 3 heteroatoms. The Morgan fingerprint density at radius 1 is 1.36 bits per heavy atom. The van der Waals surface area contributed by atoms with Crippen molar-refractivity contribution in [1.82, 2.24) is 0 Å². The molecule has 2 rings (SSSR count). The maximum absolute atomic E-state index is 13.0. The van der Waals surface area contributed by atoms with Crippen LogP contribution >= 0.6 is 11.6 Å². The van der Waals surface area contributed by atoms with Crippen LogP contribution in [0.4, 0.5) is 4.39 Å². The fourth-order valence-electron chi connectivity index (χ4n) is 1.78. The fourth-order valence-corrected chi connectivity index (χ4v) is 2.02. The van der Waals surface area contributed by atoms with E-state index in [0.717, 1.165) is 24.8 Å². The van der Waals surface area contributed by atoms with Gasteiger partial charge in [0.2, 0.25) is 0 Å². The standard InChI is InChI=1S/C11H13ClFN/c12-9-3-8(4-10(13)5-9)6-11(7-14)1-2-11/h3-5H,1-2,6-7,14H2. The summed E-state index contributed by atoms with van der Waals surface area (Å²) in [6, 6.07) is 4.69. The Balaban J connectivity index is 2.16. The Labute approximate surface area is 88.1 Å². The van der Waals surface area contributed by atoms with Crippen molar-refractivity contribution in [2.75, 3.05) is 6.54 Å². The highest BCUT2D eigenvalue weighted by atomic mass is 35.5. The van der Waals surface area contributed by atoms with Gasteiger partial charge in [0.1, 0.15) is 5.82 Å². The summed E-state index contributed by atoms with van der Waals surface area (Å²) in [5.41, 5.74) is 6.86. The number of rotatable bonds is 3. The summed E-state index contributed by atoms with van der Waals surface area (Å²) in [4.78, 5) is 0. The summed E-state index contributed by atoms with van der Waals surface area (Å²) in [6.45, 7) is 0.682. The lowest BCUT2D eigenvalue weighted by Crippen LogP contribution is -2.17. The van der Waals surface area contributed by atoms with E-state index in [1.165, 1.54) is 6.07 Å². The monoisotopic (exact) mass is 213 g/mol. The number of benzene rings is 1. The summed E-state index contributed by atoms with van der Waals surface area (Å²) >= 11 is 5.77. The van der Waals surface area contributed by atoms with Crippen molar-refractivity contribution in [2.45, 2.75) is 19.3 Å². The van der Waals surface area contributed by atoms with E-state index in [2.05, 4.69) is 0 Å². The summed E-state index contributed by atoms with van der Waals surface area (Å²) in [5.74, 6) is -0.264. The third-order valence-corrected chi connectivity index (χ3v) is 3.11. The molecule has 1 aliphatic carbocycles. The van der Waals surface area contributed by atoms with Crippen molar-refractivity contribution in [3.05, 3.63) is 34.6 Å². The van der Waals surface area contributed by atoms with E-state index < -0.39 is 0 Å². The topological polar surface area (TPSA) is 26.0 Å². The molecule has 1 nitrogen and oxygen atoms in total. The molecule has 0 radical (unpaired) electrons. The van der Waals surface area contributed by atoms with Crippen LogP contribution in [0, 0.1) is 11.2 Å². The molecule has 0 spiro atoms. The van der Waals surface area contributed by atoms with Gasteiger partial charge in [0.05, 0.1) is 0 Å². The van der Waals surface area contributed by atoms with Crippen molar-refractivity contribution in [2.24, 2.45) is 11.1 Å². The van der Waals surface area contributed by atoms with Crippen molar-refractivity contribution in [3.63, 3.8) is 0 Å². The van der Waals surface area contributed by atoms with Crippen LogP contribution in [-0.4, -0.2) is 6.54 Å². The largest absolute Gasteiger partial charge is 0.330 e. The highest BCUT2D eigenvalue weighted by molar-refractivity contribution is 6.30. The minimum absolute atomic E-state index is 0.233. The molecule has 1 aliphatic rings. The van der Waals surface area contributed by atoms with Crippen LogP contribution in [0.3, 0.4) is 0 Å². The molecule has 1 saturated carbocycles. The summed E-state index contributed by atoms with van der Waals surface area (Å²) in [7, 11) is 0. The minimum Gasteiger partial charge on any atom is -0.330 e. The number of hydrogen-bond acceptors (Lipinski definition) is 1. The average molecular weight is 214 g/mol. The van der Waals surface area contributed by atoms with Gasteiger partial charge < -0.3 is 5.73 Å². The molecule has 0 aliphatic heterocycles. The zero-order valence-electron chi connectivity index (χ0n) is 7.89. The minimum atomic E-state index is -0.264. The SMILES string of the molecule is NCC1(Cc2cc(F)cc(Cl)c2)CC1. The van der Waals surface area contributed by atoms with Crippen molar-refractivity contribution in [3.8, 4) is 0 Å². The molecule has 0 unspecified atom stereocenters. The third-order valence-electron chi connectivity index (χ3n) is 2.89. The van der Waals surface area contributed by atoms with Crippen LogP contribution in [0.5, 0.6) is 0 Å². The van der Waals surface area contributed by atoms with Gasteiger partial charge in [0, 0.05) is 5.02 Å². The highest BCUT2D eigenvalue weighted by Crippen LogP contribution is 2.47. The number of halogens is 2. The molecule has 0 bridgehead atoms. The molecule has 0 heterocycles. The summed E-state index contributed by atoms with van der Waals surface area (Å²) in [5, 5.41) is 0.466. The molecular weight excluding hydrogens is 201 g/mol. The second kappa shape index (κ2) is 3.52. The van der Waals surface area contributed by atoms with Crippen LogP contribution in [0.1, 0.15) is 18.4 Å². The maximum Gasteiger partial charge on any atom is 0.124 e. The van der Waals surface area contributed by atoms with Crippen LogP contribution in [-0.2, 0) is 6.42 Å². The quantitative estimate of drug-likeness (QED) is 0.821. The highest BCUT2D eigenvalue weighted by Gasteiger charge is 2.40. The summed E-state index contributed by atoms with van der Waals surface area (Å²) < 4.78 is 13.0. The first-order chi connectivity index (χ1) is 6.63. The lowest BCUT2D eigenvalue weighted by molar-refractivity contribution is 0.518. The van der Waals surface area contributed by atoms with Crippen LogP contribution in [0.15, 0.2) is 18.2 Å². The Hall–Kier alpha value is -0.600. The van der Waals surface area contributed by atoms with Gasteiger partial charge >= 0.3 is 0 Å². The first-order valence-electron chi connectivity index (χ1n) is 4.79. The van der Waals surface area contributed by atoms with Crippen LogP contribution in [0.2, 0.25) is 5.02 Å². The molecule has 2 N–H and O–H groups in total. The van der Waals surface area contributed by atoms with Crippen molar-refractivity contribution < 1.29 is 4.39 Å². The first-order valence-corrected chi connectivity index (χ1v) is 5.16. The molecule has 0 amide bonds. The van der Waals surface area contributed by atoms with Gasteiger partial charge in [0.15, 0.2) is 0 Å². The number of hydrogen-bond donors (Lipinski definition) is 1. The smallest absolute Gasteiger partial charge is 0.124 e. The van der Waals surface area contributed by atoms with E-state index in [-0.39, 0.29) is 11.2 Å². The van der Waals surface area contributed by atoms with Gasteiger partial charge in [-0.2, -0.15) is 0 Å². The maximum atomic E-state index is 13.0. The second-order valence-corrected chi connectivity index (χ2v) is 4.60. The van der Waals surface area contributed by atoms with Gasteiger partial charge in [-0.25, -0.2) is 4.39 Å². The first kappa shape index (κ1) is 9.94. The molecule has 0 atom stereocenters. The molecule has 76 valence electrons. The van der Waals surface area contributed by atoms with E-state index in [1.54, 1.807) is 6.07 Å². The van der Waals surface area contributed by atoms with E-state index in [4.69, 9.17) is 17.3 Å². The van der Waals surface area contributed by atoms with E-state index >= 15 is 0 Å². The zero-order chi connectivity index (χ0) is 10.2. The Kier molecular flexibility index (Phi) is 2.50. The molecule has 1 fully saturated rings. The molecule has 14 heavy (non-hydrogen) atoms. The van der Waals surface area contributed by atoms with E-state index in [9.17, 15) is 4.39 Å². The Morgan fingerprint density at radius 3 is 2.57 bits per heavy atom. The Bertz CT molecular complexity index is 327. The lowest BCUT2D eigenvalue weighted by Gasteiger charge is -2.12. The predicted octanol–water partition coefficient (Wildman–Crippen LogP) is 2.76. The van der Waals surface area contributed by atoms with Gasteiger partial charge in [-0.05, 0) is 55.0 Å². The van der Waals surface area contributed by atoms with Gasteiger partial charge in [-0.15, -0.1) is 0 Å². The van der Waals surface area contributed by atoms with Gasteiger partial charge in [-0.1, -0.05) is 11.6 Å². The predicted molar refractivity (Wildman–Crippen MR) is 55.8 cm³/mol. The van der Waals surface area contributed by atoms with Crippen molar-refractivity contribution >= 4 is 11.6 Å². The second-order valence-electron chi connectivity index (χ2n) is 4.16. The van der Waals surface area contributed by atoms with Gasteiger partial charge in [-0.3, -0.25) is 0 Å². The van der Waals surface area contributed by atoms with E-state index in [1.807, 2.05) is 6.07 Å². The van der Waals surface area contributed by atoms with Gasteiger partial charge in [0.25, 0.3) is 0 Å². The fraction of sp³-hybridized carbons (Fsp3) is 0.455. The molecule has 0 aromatic heterocycles. The van der Waals surface area contributed by atoms with Crippen LogP contribution < -0.4 is 5.73 Å². The molecule has 1 aromatic carbocycles.